The molecule has 4 rings (SSSR count). The highest BCUT2D eigenvalue weighted by molar-refractivity contribution is 5.94. The third kappa shape index (κ3) is 5.70. The van der Waals surface area contributed by atoms with Crippen LogP contribution in [-0.2, 0) is 4.79 Å². The lowest BCUT2D eigenvalue weighted by Gasteiger charge is -2.37. The zero-order valence-electron chi connectivity index (χ0n) is 20.8. The third-order valence-corrected chi connectivity index (χ3v) is 6.12. The molecule has 36 heavy (non-hydrogen) atoms. The first kappa shape index (κ1) is 24.9. The Morgan fingerprint density at radius 2 is 1.94 bits per heavy atom. The van der Waals surface area contributed by atoms with E-state index in [1.807, 2.05) is 18.2 Å². The fraction of sp³-hybridized carbons (Fsp3) is 0.346. The molecule has 10 nitrogen and oxygen atoms in total. The molecule has 1 saturated heterocycles. The molecule has 1 fully saturated rings. The lowest BCUT2D eigenvalue weighted by molar-refractivity contribution is -0.137. The van der Waals surface area contributed by atoms with E-state index in [-0.39, 0.29) is 23.8 Å². The van der Waals surface area contributed by atoms with Gasteiger partial charge in [0, 0.05) is 55.9 Å². The molecule has 2 amide bonds. The molecule has 1 unspecified atom stereocenters. The summed E-state index contributed by atoms with van der Waals surface area (Å²) in [7, 11) is 3.20. The molecule has 3 aromatic rings. The Morgan fingerprint density at radius 1 is 1.14 bits per heavy atom. The summed E-state index contributed by atoms with van der Waals surface area (Å²) in [6.45, 7) is 5.41. The van der Waals surface area contributed by atoms with E-state index in [1.54, 1.807) is 50.4 Å². The highest BCUT2D eigenvalue weighted by atomic mass is 16.5. The standard InChI is InChI=1S/C26H30N6O4/c1-16(21-7-5-18(26(34)27-3)9-23(21)35-4)11-28-24-10-22(30-15-31-24)19-6-8-25(29-12-19)36-20-13-32(14-20)17(2)33/h5-10,12,15-16,20H,11,13-14H2,1-4H3,(H,27,34)(H,28,30,31). The number of pyridine rings is 1. The van der Waals surface area contributed by atoms with Crippen LogP contribution in [0.5, 0.6) is 11.6 Å². The number of methoxy groups -OCH3 is 1. The first-order valence-corrected chi connectivity index (χ1v) is 11.7. The van der Waals surface area contributed by atoms with Crippen molar-refractivity contribution in [3.63, 3.8) is 0 Å². The molecule has 0 saturated carbocycles. The van der Waals surface area contributed by atoms with E-state index in [9.17, 15) is 9.59 Å². The van der Waals surface area contributed by atoms with Gasteiger partial charge in [0.15, 0.2) is 0 Å². The summed E-state index contributed by atoms with van der Waals surface area (Å²) in [6, 6.07) is 11.0. The maximum absolute atomic E-state index is 11.9. The van der Waals surface area contributed by atoms with Crippen molar-refractivity contribution in [1.82, 2.24) is 25.2 Å². The number of benzene rings is 1. The SMILES string of the molecule is CNC(=O)c1ccc(C(C)CNc2cc(-c3ccc(OC4CN(C(C)=O)C4)nc3)ncn2)c(OC)c1. The van der Waals surface area contributed by atoms with Gasteiger partial charge in [-0.05, 0) is 23.8 Å². The smallest absolute Gasteiger partial charge is 0.251 e. The van der Waals surface area contributed by atoms with E-state index in [2.05, 4.69) is 32.5 Å². The van der Waals surface area contributed by atoms with Crippen LogP contribution in [0.1, 0.15) is 35.7 Å². The summed E-state index contributed by atoms with van der Waals surface area (Å²) in [5, 5.41) is 5.98. The lowest BCUT2D eigenvalue weighted by Crippen LogP contribution is -2.55. The Labute approximate surface area is 210 Å². The number of nitrogens with zero attached hydrogens (tertiary/aromatic N) is 4. The second-order valence-corrected chi connectivity index (χ2v) is 8.66. The van der Waals surface area contributed by atoms with Gasteiger partial charge in [0.05, 0.1) is 25.9 Å². The summed E-state index contributed by atoms with van der Waals surface area (Å²) in [4.78, 5) is 38.0. The van der Waals surface area contributed by atoms with Crippen LogP contribution in [0.25, 0.3) is 11.3 Å². The molecule has 188 valence electrons. The zero-order valence-corrected chi connectivity index (χ0v) is 20.8. The van der Waals surface area contributed by atoms with Gasteiger partial charge in [-0.25, -0.2) is 15.0 Å². The van der Waals surface area contributed by atoms with Crippen LogP contribution in [0.2, 0.25) is 0 Å². The summed E-state index contributed by atoms with van der Waals surface area (Å²) in [6.07, 6.45) is 3.20. The first-order chi connectivity index (χ1) is 17.4. The lowest BCUT2D eigenvalue weighted by atomic mass is 9.98. The number of aromatic nitrogens is 3. The van der Waals surface area contributed by atoms with Crippen LogP contribution in [-0.4, -0.2) is 71.6 Å². The Morgan fingerprint density at radius 3 is 2.61 bits per heavy atom. The minimum Gasteiger partial charge on any atom is -0.496 e. The average Bonchev–Trinajstić information content (AvgIpc) is 2.88. The summed E-state index contributed by atoms with van der Waals surface area (Å²) in [5.74, 6) is 1.87. The van der Waals surface area contributed by atoms with Crippen LogP contribution >= 0.6 is 0 Å². The maximum atomic E-state index is 11.9. The van der Waals surface area contributed by atoms with Gasteiger partial charge in [-0.3, -0.25) is 9.59 Å². The van der Waals surface area contributed by atoms with Crippen molar-refractivity contribution in [2.75, 3.05) is 39.1 Å². The Balaban J connectivity index is 1.37. The number of ether oxygens (including phenoxy) is 2. The number of hydrogen-bond donors (Lipinski definition) is 2. The van der Waals surface area contributed by atoms with Crippen molar-refractivity contribution in [2.45, 2.75) is 25.9 Å². The van der Waals surface area contributed by atoms with Gasteiger partial charge in [-0.2, -0.15) is 0 Å². The highest BCUT2D eigenvalue weighted by Crippen LogP contribution is 2.28. The van der Waals surface area contributed by atoms with Crippen molar-refractivity contribution in [2.24, 2.45) is 0 Å². The van der Waals surface area contributed by atoms with E-state index in [4.69, 9.17) is 9.47 Å². The summed E-state index contributed by atoms with van der Waals surface area (Å²) in [5.41, 5.74) is 3.11. The van der Waals surface area contributed by atoms with Crippen LogP contribution in [0.15, 0.2) is 48.9 Å². The molecule has 1 atom stereocenters. The quantitative estimate of drug-likeness (QED) is 0.470. The largest absolute Gasteiger partial charge is 0.496 e. The number of rotatable bonds is 9. The fourth-order valence-electron chi connectivity index (χ4n) is 3.93. The Hall–Kier alpha value is -4.21. The highest BCUT2D eigenvalue weighted by Gasteiger charge is 2.30. The number of anilines is 1. The third-order valence-electron chi connectivity index (χ3n) is 6.12. The van der Waals surface area contributed by atoms with Gasteiger partial charge in [0.25, 0.3) is 5.91 Å². The molecule has 0 radical (unpaired) electrons. The van der Waals surface area contributed by atoms with Crippen molar-refractivity contribution in [3.8, 4) is 22.9 Å². The van der Waals surface area contributed by atoms with Gasteiger partial charge in [-0.15, -0.1) is 0 Å². The number of nitrogens with one attached hydrogen (secondary N) is 2. The number of amides is 2. The molecule has 1 aliphatic heterocycles. The predicted octanol–water partition coefficient (Wildman–Crippen LogP) is 2.73. The van der Waals surface area contributed by atoms with E-state index in [0.29, 0.717) is 42.6 Å². The Bertz CT molecular complexity index is 1230. The topological polar surface area (TPSA) is 119 Å². The van der Waals surface area contributed by atoms with Crippen molar-refractivity contribution >= 4 is 17.6 Å². The molecule has 10 heteroatoms. The number of hydrogen-bond acceptors (Lipinski definition) is 8. The number of carbonyl (C=O) groups is 2. The minimum absolute atomic E-state index is 0.0253. The molecular weight excluding hydrogens is 460 g/mol. The minimum atomic E-state index is -0.157. The van der Waals surface area contributed by atoms with Crippen LogP contribution in [0, 0.1) is 0 Å². The average molecular weight is 491 g/mol. The monoisotopic (exact) mass is 490 g/mol. The van der Waals surface area contributed by atoms with Crippen LogP contribution in [0.4, 0.5) is 5.82 Å². The van der Waals surface area contributed by atoms with E-state index < -0.39 is 0 Å². The zero-order chi connectivity index (χ0) is 25.7. The first-order valence-electron chi connectivity index (χ1n) is 11.7. The normalized spacial score (nSPS) is 13.9. The van der Waals surface area contributed by atoms with Crippen molar-refractivity contribution in [1.29, 1.82) is 0 Å². The second kappa shape index (κ2) is 11.0. The van der Waals surface area contributed by atoms with Gasteiger partial charge >= 0.3 is 0 Å². The number of carbonyl (C=O) groups excluding carboxylic acids is 2. The van der Waals surface area contributed by atoms with Gasteiger partial charge in [0.1, 0.15) is 24.0 Å². The van der Waals surface area contributed by atoms with E-state index >= 15 is 0 Å². The molecule has 0 bridgehead atoms. The maximum Gasteiger partial charge on any atom is 0.251 e. The van der Waals surface area contributed by atoms with Crippen molar-refractivity contribution in [3.05, 3.63) is 60.0 Å². The Kier molecular flexibility index (Phi) is 7.62. The van der Waals surface area contributed by atoms with Gasteiger partial charge in [-0.1, -0.05) is 13.0 Å². The molecule has 2 aromatic heterocycles. The molecule has 0 spiro atoms. The summed E-state index contributed by atoms with van der Waals surface area (Å²) >= 11 is 0. The fourth-order valence-corrected chi connectivity index (χ4v) is 3.93. The molecular formula is C26H30N6O4. The molecule has 1 aromatic carbocycles. The summed E-state index contributed by atoms with van der Waals surface area (Å²) < 4.78 is 11.3. The predicted molar refractivity (Wildman–Crippen MR) is 135 cm³/mol. The molecule has 3 heterocycles. The second-order valence-electron chi connectivity index (χ2n) is 8.66. The number of likely N-dealkylation sites (tertiary alicyclic amines) is 1. The van der Waals surface area contributed by atoms with Gasteiger partial charge in [0.2, 0.25) is 11.8 Å². The van der Waals surface area contributed by atoms with Crippen LogP contribution in [0.3, 0.4) is 0 Å². The van der Waals surface area contributed by atoms with E-state index in [0.717, 1.165) is 16.8 Å². The molecule has 1 aliphatic rings. The molecule has 2 N–H and O–H groups in total. The van der Waals surface area contributed by atoms with E-state index in [1.165, 1.54) is 6.33 Å². The van der Waals surface area contributed by atoms with Crippen LogP contribution < -0.4 is 20.1 Å². The molecule has 0 aliphatic carbocycles. The van der Waals surface area contributed by atoms with Crippen molar-refractivity contribution < 1.29 is 19.1 Å². The van der Waals surface area contributed by atoms with Gasteiger partial charge < -0.3 is 25.0 Å².